The van der Waals surface area contributed by atoms with Crippen molar-refractivity contribution in [3.8, 4) is 0 Å². The van der Waals surface area contributed by atoms with E-state index in [4.69, 9.17) is 11.6 Å². The third-order valence-corrected chi connectivity index (χ3v) is 6.47. The van der Waals surface area contributed by atoms with Crippen molar-refractivity contribution in [3.63, 3.8) is 0 Å². The molecule has 30 heavy (non-hydrogen) atoms. The third kappa shape index (κ3) is 4.89. The van der Waals surface area contributed by atoms with Gasteiger partial charge in [-0.2, -0.15) is 0 Å². The molecule has 2 aromatic carbocycles. The monoisotopic (exact) mass is 456 g/mol. The zero-order chi connectivity index (χ0) is 21.1. The largest absolute Gasteiger partial charge is 0.302 e. The molecular weight excluding hydrogens is 440 g/mol. The van der Waals surface area contributed by atoms with Crippen molar-refractivity contribution in [2.75, 3.05) is 5.32 Å². The molecule has 1 amide bonds. The number of fused-ring (bicyclic) bond motifs is 1. The van der Waals surface area contributed by atoms with Gasteiger partial charge in [0.15, 0.2) is 10.3 Å². The number of aryl methyl sites for hydroxylation is 1. The van der Waals surface area contributed by atoms with E-state index < -0.39 is 0 Å². The number of thiazole rings is 1. The molecule has 4 aromatic rings. The highest BCUT2D eigenvalue weighted by molar-refractivity contribution is 7.98. The fraction of sp³-hybridized carbons (Fsp3) is 0.143. The number of hydrogen-bond donors (Lipinski definition) is 2. The van der Waals surface area contributed by atoms with Crippen LogP contribution >= 0.6 is 34.7 Å². The average molecular weight is 457 g/mol. The second kappa shape index (κ2) is 8.99. The van der Waals surface area contributed by atoms with Crippen molar-refractivity contribution in [1.82, 2.24) is 15.0 Å². The summed E-state index contributed by atoms with van der Waals surface area (Å²) in [6.07, 6.45) is -0.0661. The van der Waals surface area contributed by atoms with Crippen molar-refractivity contribution in [2.24, 2.45) is 0 Å². The van der Waals surface area contributed by atoms with Crippen LogP contribution in [0, 0.1) is 6.92 Å². The first-order chi connectivity index (χ1) is 14.5. The van der Waals surface area contributed by atoms with Crippen LogP contribution in [-0.4, -0.2) is 20.9 Å². The maximum Gasteiger partial charge on any atom is 0.255 e. The van der Waals surface area contributed by atoms with Gasteiger partial charge < -0.3 is 10.3 Å². The number of halogens is 1. The number of aromatic amines is 1. The van der Waals surface area contributed by atoms with Gasteiger partial charge in [-0.05, 0) is 36.8 Å². The van der Waals surface area contributed by atoms with E-state index in [1.54, 1.807) is 6.92 Å². The molecule has 0 fully saturated rings. The molecule has 6 nitrogen and oxygen atoms in total. The maximum absolute atomic E-state index is 12.5. The molecule has 0 spiro atoms. The van der Waals surface area contributed by atoms with Crippen LogP contribution in [0.4, 0.5) is 5.13 Å². The quantitative estimate of drug-likeness (QED) is 0.321. The number of aromatic nitrogens is 3. The second-order valence-electron chi connectivity index (χ2n) is 6.57. The lowest BCUT2D eigenvalue weighted by molar-refractivity contribution is -0.115. The Bertz CT molecular complexity index is 1250. The molecule has 0 aliphatic heterocycles. The smallest absolute Gasteiger partial charge is 0.255 e. The van der Waals surface area contributed by atoms with Gasteiger partial charge in [-0.3, -0.25) is 9.59 Å². The molecule has 9 heteroatoms. The van der Waals surface area contributed by atoms with Gasteiger partial charge in [0, 0.05) is 22.0 Å². The molecule has 2 N–H and O–H groups in total. The Labute approximate surface area is 185 Å². The van der Waals surface area contributed by atoms with Gasteiger partial charge in [0.2, 0.25) is 5.91 Å². The minimum absolute atomic E-state index is 0.0661. The molecular formula is C21H17ClN4O2S2. The van der Waals surface area contributed by atoms with Crippen molar-refractivity contribution < 1.29 is 4.79 Å². The molecule has 0 atom stereocenters. The van der Waals surface area contributed by atoms with Crippen LogP contribution in [0.5, 0.6) is 0 Å². The normalized spacial score (nSPS) is 11.0. The molecule has 4 rings (SSSR count). The van der Waals surface area contributed by atoms with Crippen molar-refractivity contribution in [1.29, 1.82) is 0 Å². The van der Waals surface area contributed by atoms with Crippen LogP contribution in [0.1, 0.15) is 16.8 Å². The molecule has 0 aliphatic rings. The highest BCUT2D eigenvalue weighted by Gasteiger charge is 2.15. The molecule has 0 bridgehead atoms. The predicted octanol–water partition coefficient (Wildman–Crippen LogP) is 4.81. The van der Waals surface area contributed by atoms with E-state index in [9.17, 15) is 9.59 Å². The van der Waals surface area contributed by atoms with Crippen LogP contribution in [-0.2, 0) is 17.0 Å². The molecule has 2 heterocycles. The first-order valence-electron chi connectivity index (χ1n) is 9.10. The summed E-state index contributed by atoms with van der Waals surface area (Å²) in [5.74, 6) is 0.323. The van der Waals surface area contributed by atoms with Crippen molar-refractivity contribution in [3.05, 3.63) is 80.7 Å². The van der Waals surface area contributed by atoms with Crippen LogP contribution in [0.25, 0.3) is 10.2 Å². The number of benzene rings is 2. The van der Waals surface area contributed by atoms with Gasteiger partial charge in [0.05, 0.1) is 16.6 Å². The van der Waals surface area contributed by atoms with E-state index in [0.717, 1.165) is 15.8 Å². The number of anilines is 1. The number of nitrogens with one attached hydrogen (secondary N) is 2. The van der Waals surface area contributed by atoms with E-state index in [0.29, 0.717) is 32.3 Å². The summed E-state index contributed by atoms with van der Waals surface area (Å²) in [5.41, 5.74) is 2.43. The number of hydrogen-bond acceptors (Lipinski definition) is 6. The van der Waals surface area contributed by atoms with Gasteiger partial charge in [0.1, 0.15) is 0 Å². The first-order valence-corrected chi connectivity index (χ1v) is 11.3. The zero-order valence-electron chi connectivity index (χ0n) is 15.9. The SMILES string of the molecule is Cc1nc(SCc2cccc(Cl)c2)[nH]c(=O)c1CC(=O)Nc1nc2ccccc2s1. The number of para-hydroxylation sites is 1. The number of carbonyl (C=O) groups excluding carboxylic acids is 1. The molecule has 0 aliphatic carbocycles. The first kappa shape index (κ1) is 20.6. The highest BCUT2D eigenvalue weighted by atomic mass is 35.5. The number of H-pyrrole nitrogens is 1. The summed E-state index contributed by atoms with van der Waals surface area (Å²) in [5, 5.41) is 4.46. The number of rotatable bonds is 6. The maximum atomic E-state index is 12.5. The lowest BCUT2D eigenvalue weighted by atomic mass is 10.1. The van der Waals surface area contributed by atoms with E-state index in [2.05, 4.69) is 20.3 Å². The molecule has 152 valence electrons. The van der Waals surface area contributed by atoms with Crippen LogP contribution in [0.2, 0.25) is 5.02 Å². The third-order valence-electron chi connectivity index (χ3n) is 4.34. The summed E-state index contributed by atoms with van der Waals surface area (Å²) in [7, 11) is 0. The highest BCUT2D eigenvalue weighted by Crippen LogP contribution is 2.25. The number of thioether (sulfide) groups is 1. The minimum Gasteiger partial charge on any atom is -0.302 e. The summed E-state index contributed by atoms with van der Waals surface area (Å²) in [6, 6.07) is 15.2. The fourth-order valence-electron chi connectivity index (χ4n) is 2.89. The summed E-state index contributed by atoms with van der Waals surface area (Å²) >= 11 is 8.81. The Morgan fingerprint density at radius 3 is 2.80 bits per heavy atom. The Balaban J connectivity index is 1.43. The second-order valence-corrected chi connectivity index (χ2v) is 9.00. The summed E-state index contributed by atoms with van der Waals surface area (Å²) in [4.78, 5) is 36.6. The zero-order valence-corrected chi connectivity index (χ0v) is 18.3. The van der Waals surface area contributed by atoms with Gasteiger partial charge in [-0.15, -0.1) is 0 Å². The average Bonchev–Trinajstić information content (AvgIpc) is 3.11. The lowest BCUT2D eigenvalue weighted by Gasteiger charge is -2.07. The molecule has 0 saturated carbocycles. The number of amides is 1. The standard InChI is InChI=1S/C21H17ClN4O2S2/c1-12-15(10-18(27)25-21-24-16-7-2-3-8-17(16)30-21)19(28)26-20(23-12)29-11-13-5-4-6-14(22)9-13/h2-9H,10-11H2,1H3,(H,23,26,28)(H,24,25,27). The molecule has 0 unspecified atom stereocenters. The van der Waals surface area contributed by atoms with Crippen LogP contribution in [0.15, 0.2) is 58.5 Å². The van der Waals surface area contributed by atoms with Crippen LogP contribution in [0.3, 0.4) is 0 Å². The van der Waals surface area contributed by atoms with Gasteiger partial charge in [-0.1, -0.05) is 59.0 Å². The van der Waals surface area contributed by atoms with E-state index >= 15 is 0 Å². The molecule has 0 saturated heterocycles. The van der Waals surface area contributed by atoms with E-state index in [-0.39, 0.29) is 17.9 Å². The Hall–Kier alpha value is -2.68. The van der Waals surface area contributed by atoms with Gasteiger partial charge in [0.25, 0.3) is 5.56 Å². The predicted molar refractivity (Wildman–Crippen MR) is 123 cm³/mol. The fourth-order valence-corrected chi connectivity index (χ4v) is 4.83. The topological polar surface area (TPSA) is 87.7 Å². The Morgan fingerprint density at radius 2 is 2.03 bits per heavy atom. The minimum atomic E-state index is -0.310. The van der Waals surface area contributed by atoms with E-state index in [1.807, 2.05) is 48.5 Å². The number of carbonyl (C=O) groups is 1. The van der Waals surface area contributed by atoms with Gasteiger partial charge >= 0.3 is 0 Å². The molecule has 2 aromatic heterocycles. The summed E-state index contributed by atoms with van der Waals surface area (Å²) < 4.78 is 0.990. The summed E-state index contributed by atoms with van der Waals surface area (Å²) in [6.45, 7) is 1.74. The van der Waals surface area contributed by atoms with E-state index in [1.165, 1.54) is 23.1 Å². The number of nitrogens with zero attached hydrogens (tertiary/aromatic N) is 2. The Morgan fingerprint density at radius 1 is 1.20 bits per heavy atom. The molecule has 0 radical (unpaired) electrons. The Kier molecular flexibility index (Phi) is 6.17. The lowest BCUT2D eigenvalue weighted by Crippen LogP contribution is -2.23. The van der Waals surface area contributed by atoms with Crippen molar-refractivity contribution >= 4 is 56.0 Å². The van der Waals surface area contributed by atoms with Gasteiger partial charge in [-0.25, -0.2) is 9.97 Å². The van der Waals surface area contributed by atoms with Crippen molar-refractivity contribution in [2.45, 2.75) is 24.3 Å². The van der Waals surface area contributed by atoms with Crippen LogP contribution < -0.4 is 10.9 Å².